The maximum Gasteiger partial charge on any atom is 0.339 e. The number of likely N-dealkylation sites (N-methyl/N-ethyl adjacent to an activating group) is 1. The number of hydrogen-bond donors (Lipinski definition) is 1. The monoisotopic (exact) mass is 408 g/mol. The van der Waals surface area contributed by atoms with Crippen molar-refractivity contribution in [2.45, 2.75) is 31.7 Å². The molecule has 129 valence electrons. The van der Waals surface area contributed by atoms with Crippen LogP contribution < -0.4 is 5.32 Å². The minimum Gasteiger partial charge on any atom is -0.465 e. The third kappa shape index (κ3) is 3.57. The number of rotatable bonds is 5. The molecule has 24 heavy (non-hydrogen) atoms. The van der Waals surface area contributed by atoms with E-state index >= 15 is 0 Å². The van der Waals surface area contributed by atoms with Gasteiger partial charge in [0.1, 0.15) is 0 Å². The Kier molecular flexibility index (Phi) is 7.11. The zero-order valence-corrected chi connectivity index (χ0v) is 17.9. The van der Waals surface area contributed by atoms with Crippen LogP contribution in [0.1, 0.15) is 35.2 Å². The van der Waals surface area contributed by atoms with Crippen molar-refractivity contribution in [3.63, 3.8) is 0 Å². The number of esters is 1. The minimum atomic E-state index is -0.579. The van der Waals surface area contributed by atoms with E-state index in [2.05, 4.69) is 10.7 Å². The van der Waals surface area contributed by atoms with E-state index in [4.69, 9.17) is 4.74 Å². The van der Waals surface area contributed by atoms with Gasteiger partial charge in [0.15, 0.2) is 5.54 Å². The molecule has 1 fully saturated rings. The van der Waals surface area contributed by atoms with Gasteiger partial charge in [0.2, 0.25) is 0 Å². The topological polar surface area (TPSA) is 69.5 Å². The van der Waals surface area contributed by atoms with Crippen LogP contribution >= 0.6 is 0 Å². The number of methoxy groups -OCH3 is 1. The van der Waals surface area contributed by atoms with E-state index in [1.165, 1.54) is 7.11 Å². The predicted molar refractivity (Wildman–Crippen MR) is 89.1 cm³/mol. The number of aryl methyl sites for hydroxylation is 1. The number of quaternary nitrogens is 1. The number of benzene rings is 1. The van der Waals surface area contributed by atoms with E-state index in [1.807, 2.05) is 27.1 Å². The molecule has 2 rings (SSSR count). The van der Waals surface area contributed by atoms with Crippen molar-refractivity contribution in [2.75, 3.05) is 33.6 Å². The number of nitrogens with zero attached hydrogens (tertiary/aromatic N) is 2. The van der Waals surface area contributed by atoms with Crippen LogP contribution in [-0.4, -0.2) is 50.3 Å². The molecule has 1 N–H and O–H groups in total. The van der Waals surface area contributed by atoms with Crippen molar-refractivity contribution in [1.29, 1.82) is 0 Å². The Hall–Kier alpha value is -0.816. The Labute approximate surface area is 168 Å². The minimum absolute atomic E-state index is 0. The number of nitrogens with one attached hydrogen (secondary N) is 1. The summed E-state index contributed by atoms with van der Waals surface area (Å²) in [4.78, 5) is 25.0. The second-order valence-electron chi connectivity index (χ2n) is 6.42. The number of hydrogen-bond acceptors (Lipinski definition) is 3. The van der Waals surface area contributed by atoms with Crippen molar-refractivity contribution < 1.29 is 51.6 Å². The molecular weight excluding hydrogens is 383 g/mol. The fourth-order valence-electron chi connectivity index (χ4n) is 3.07. The third-order valence-electron chi connectivity index (χ3n) is 5.07. The molecule has 1 aliphatic rings. The molecule has 1 amide bonds. The standard InChI is InChI=1S/C17H25N3O3.Y/c1-12-8-6-9-13(15(21)23-5)14(12)19-16(22)17(10-7-11-17)20(3,4)18-2;/h6,8-9H,7,10-11H2,1-5H3,(H,19,22);. The van der Waals surface area contributed by atoms with E-state index in [-0.39, 0.29) is 43.2 Å². The Bertz CT molecular complexity index is 628. The van der Waals surface area contributed by atoms with E-state index in [1.54, 1.807) is 19.2 Å². The second-order valence-corrected chi connectivity index (χ2v) is 6.42. The molecule has 1 radical (unpaired) electrons. The zero-order valence-electron chi connectivity index (χ0n) is 15.0. The molecule has 0 unspecified atom stereocenters. The number of anilines is 1. The first-order chi connectivity index (χ1) is 10.8. The average molecular weight is 408 g/mol. The Morgan fingerprint density at radius 3 is 2.38 bits per heavy atom. The van der Waals surface area contributed by atoms with Crippen molar-refractivity contribution in [3.8, 4) is 0 Å². The first-order valence-corrected chi connectivity index (χ1v) is 7.74. The van der Waals surface area contributed by atoms with Crippen LogP contribution in [0.3, 0.4) is 0 Å². The summed E-state index contributed by atoms with van der Waals surface area (Å²) in [5.41, 5.74) is 5.50. The number of ether oxygens (including phenoxy) is 1. The molecule has 0 spiro atoms. The van der Waals surface area contributed by atoms with Gasteiger partial charge < -0.3 is 20.1 Å². The van der Waals surface area contributed by atoms with Crippen LogP contribution in [0.15, 0.2) is 18.2 Å². The van der Waals surface area contributed by atoms with E-state index in [9.17, 15) is 9.59 Å². The molecule has 0 atom stereocenters. The van der Waals surface area contributed by atoms with Crippen molar-refractivity contribution in [1.82, 2.24) is 0 Å². The summed E-state index contributed by atoms with van der Waals surface area (Å²) < 4.78 is 5.09. The summed E-state index contributed by atoms with van der Waals surface area (Å²) >= 11 is 0. The van der Waals surface area contributed by atoms with Gasteiger partial charge in [-0.25, -0.2) is 4.79 Å². The molecule has 1 aromatic rings. The maximum absolute atomic E-state index is 13.0. The van der Waals surface area contributed by atoms with Crippen molar-refractivity contribution in [2.24, 2.45) is 0 Å². The second kappa shape index (κ2) is 8.04. The maximum atomic E-state index is 13.0. The largest absolute Gasteiger partial charge is 0.465 e. The van der Waals surface area contributed by atoms with Gasteiger partial charge in [0.05, 0.1) is 32.5 Å². The third-order valence-corrected chi connectivity index (χ3v) is 5.07. The molecule has 0 aromatic heterocycles. The molecule has 0 aliphatic heterocycles. The van der Waals surface area contributed by atoms with E-state index in [0.29, 0.717) is 11.3 Å². The van der Waals surface area contributed by atoms with E-state index in [0.717, 1.165) is 24.8 Å². The Morgan fingerprint density at radius 2 is 1.92 bits per heavy atom. The average Bonchev–Trinajstić information content (AvgIpc) is 2.47. The fraction of sp³-hybridized carbons (Fsp3) is 0.529. The van der Waals surface area contributed by atoms with Gasteiger partial charge in [-0.2, -0.15) is 0 Å². The first kappa shape index (κ1) is 21.2. The Morgan fingerprint density at radius 1 is 1.29 bits per heavy atom. The summed E-state index contributed by atoms with van der Waals surface area (Å²) in [6.45, 7) is 1.86. The molecule has 7 heteroatoms. The number of amides is 1. The molecule has 0 saturated heterocycles. The predicted octanol–water partition coefficient (Wildman–Crippen LogP) is 2.64. The summed E-state index contributed by atoms with van der Waals surface area (Å²) in [6.07, 6.45) is 2.56. The summed E-state index contributed by atoms with van der Waals surface area (Å²) in [6, 6.07) is 5.30. The van der Waals surface area contributed by atoms with Crippen molar-refractivity contribution >= 4 is 17.6 Å². The van der Waals surface area contributed by atoms with Crippen LogP contribution in [-0.2, 0) is 42.2 Å². The molecule has 6 nitrogen and oxygen atoms in total. The summed E-state index contributed by atoms with van der Waals surface area (Å²) in [5, 5.41) is 2.96. The smallest absolute Gasteiger partial charge is 0.339 e. The number of carbonyl (C=O) groups excluding carboxylic acids is 2. The van der Waals surface area contributed by atoms with Crippen LogP contribution in [0.4, 0.5) is 5.69 Å². The van der Waals surface area contributed by atoms with Gasteiger partial charge in [0, 0.05) is 45.6 Å². The van der Waals surface area contributed by atoms with Crippen LogP contribution in [0, 0.1) is 6.92 Å². The summed E-state index contributed by atoms with van der Waals surface area (Å²) in [7, 11) is 6.91. The summed E-state index contributed by atoms with van der Waals surface area (Å²) in [5.74, 6) is -0.556. The van der Waals surface area contributed by atoms with Crippen LogP contribution in [0.25, 0.3) is 5.43 Å². The molecular formula is C17H25N3O3Y. The molecule has 0 heterocycles. The van der Waals surface area contributed by atoms with Crippen molar-refractivity contribution in [3.05, 3.63) is 34.8 Å². The first-order valence-electron chi connectivity index (χ1n) is 7.74. The van der Waals surface area contributed by atoms with Gasteiger partial charge in [-0.1, -0.05) is 12.1 Å². The van der Waals surface area contributed by atoms with E-state index < -0.39 is 11.5 Å². The quantitative estimate of drug-likeness (QED) is 0.463. The van der Waals surface area contributed by atoms with Gasteiger partial charge in [-0.05, 0) is 25.0 Å². The SMILES string of the molecule is C[N-][N+](C)(C)C1(C(=O)Nc2c(C)cccc2C(=O)OC)CCC1.[Y]. The van der Waals surface area contributed by atoms with Gasteiger partial charge in [-0.3, -0.25) is 4.79 Å². The van der Waals surface area contributed by atoms with Crippen LogP contribution in [0.2, 0.25) is 0 Å². The zero-order chi connectivity index (χ0) is 17.3. The van der Waals surface area contributed by atoms with Gasteiger partial charge in [-0.15, -0.1) is 7.05 Å². The normalized spacial score (nSPS) is 15.7. The Balaban J connectivity index is 0.00000288. The van der Waals surface area contributed by atoms with Gasteiger partial charge in [0.25, 0.3) is 5.91 Å². The fourth-order valence-corrected chi connectivity index (χ4v) is 3.07. The molecule has 1 aliphatic carbocycles. The molecule has 1 saturated carbocycles. The molecule has 0 bridgehead atoms. The number of carbonyl (C=O) groups is 2. The van der Waals surface area contributed by atoms with Gasteiger partial charge >= 0.3 is 5.97 Å². The number of para-hydroxylation sites is 1. The van der Waals surface area contributed by atoms with Crippen LogP contribution in [0.5, 0.6) is 0 Å². The molecule has 1 aromatic carbocycles.